The van der Waals surface area contributed by atoms with Crippen molar-refractivity contribution in [2.45, 2.75) is 18.9 Å². The monoisotopic (exact) mass is 851 g/mol. The molecule has 0 saturated carbocycles. The number of anilines is 4. The summed E-state index contributed by atoms with van der Waals surface area (Å²) in [5.74, 6) is -0.934. The minimum atomic E-state index is -1.02. The molecule has 4 N–H and O–H groups in total. The fourth-order valence-electron chi connectivity index (χ4n) is 6.88. The number of rotatable bonds is 22. The number of methoxy groups -OCH3 is 1. The van der Waals surface area contributed by atoms with Crippen LogP contribution in [0.15, 0.2) is 42.6 Å². The van der Waals surface area contributed by atoms with Gasteiger partial charge in [-0.15, -0.1) is 0 Å². The highest BCUT2D eigenvalue weighted by molar-refractivity contribution is 6.32. The molecule has 0 aliphatic carbocycles. The average molecular weight is 852 g/mol. The molecule has 3 aliphatic heterocycles. The van der Waals surface area contributed by atoms with Gasteiger partial charge in [-0.25, -0.2) is 4.98 Å². The lowest BCUT2D eigenvalue weighted by atomic mass is 10.0. The first kappa shape index (κ1) is 44.1. The summed E-state index contributed by atoms with van der Waals surface area (Å²) in [6.45, 7) is 7.18. The summed E-state index contributed by atoms with van der Waals surface area (Å²) in [6, 6.07) is 9.13. The van der Waals surface area contributed by atoms with E-state index in [1.54, 1.807) is 50.6 Å². The molecule has 2 fully saturated rings. The van der Waals surface area contributed by atoms with Gasteiger partial charge < -0.3 is 44.5 Å². The molecule has 1 aromatic heterocycles. The molecular formula is C40H50ClN9O10. The molecule has 4 heterocycles. The van der Waals surface area contributed by atoms with Gasteiger partial charge in [0.05, 0.1) is 83.0 Å². The number of amides is 5. The van der Waals surface area contributed by atoms with Crippen molar-refractivity contribution in [1.82, 2.24) is 30.0 Å². The number of imide groups is 2. The molecular weight excluding hydrogens is 802 g/mol. The number of fused-ring (bicyclic) bond motifs is 1. The van der Waals surface area contributed by atoms with Gasteiger partial charge in [0.2, 0.25) is 17.8 Å². The van der Waals surface area contributed by atoms with Crippen molar-refractivity contribution >= 4 is 64.3 Å². The number of piperidine rings is 1. The average Bonchev–Trinajstić information content (AvgIpc) is 3.51. The maximum Gasteiger partial charge on any atom is 0.264 e. The molecule has 2 aromatic carbocycles. The topological polar surface area (TPSA) is 215 Å². The number of halogens is 1. The molecule has 0 spiro atoms. The SMILES string of the molecule is CNc1nc(Nc2ccc(C(=O)N3CCN(CCOCCOCCOCCOCCNc4cccc5c4C(=O)N(C4CCC(=O)NC4=O)C5=O)CC3)cc2OC)ncc1Cl. The van der Waals surface area contributed by atoms with Gasteiger partial charge >= 0.3 is 0 Å². The van der Waals surface area contributed by atoms with Gasteiger partial charge in [0.25, 0.3) is 17.7 Å². The van der Waals surface area contributed by atoms with E-state index in [1.165, 1.54) is 6.20 Å². The fourth-order valence-corrected chi connectivity index (χ4v) is 7.07. The van der Waals surface area contributed by atoms with Crippen LogP contribution >= 0.6 is 11.6 Å². The van der Waals surface area contributed by atoms with Gasteiger partial charge in [0.1, 0.15) is 22.6 Å². The minimum absolute atomic E-state index is 0.0601. The molecule has 60 heavy (non-hydrogen) atoms. The van der Waals surface area contributed by atoms with E-state index in [2.05, 4.69) is 36.1 Å². The van der Waals surface area contributed by atoms with E-state index in [1.807, 2.05) is 4.90 Å². The largest absolute Gasteiger partial charge is 0.495 e. The van der Waals surface area contributed by atoms with Crippen molar-refractivity contribution in [3.63, 3.8) is 0 Å². The minimum Gasteiger partial charge on any atom is -0.495 e. The first-order chi connectivity index (χ1) is 29.2. The number of hydrogen-bond acceptors (Lipinski definition) is 16. The number of carbonyl (C=O) groups excluding carboxylic acids is 5. The van der Waals surface area contributed by atoms with Gasteiger partial charge in [-0.05, 0) is 36.8 Å². The quantitative estimate of drug-likeness (QED) is 0.0843. The van der Waals surface area contributed by atoms with Gasteiger partial charge in [-0.1, -0.05) is 17.7 Å². The smallest absolute Gasteiger partial charge is 0.264 e. The molecule has 3 aliphatic rings. The number of carbonyl (C=O) groups is 5. The van der Waals surface area contributed by atoms with Crippen molar-refractivity contribution in [1.29, 1.82) is 0 Å². The summed E-state index contributed by atoms with van der Waals surface area (Å²) in [4.78, 5) is 77.0. The molecule has 322 valence electrons. The lowest BCUT2D eigenvalue weighted by Gasteiger charge is -2.34. The van der Waals surface area contributed by atoms with E-state index >= 15 is 0 Å². The number of ether oxygens (including phenoxy) is 5. The van der Waals surface area contributed by atoms with Crippen LogP contribution in [0.25, 0.3) is 0 Å². The molecule has 1 unspecified atom stereocenters. The summed E-state index contributed by atoms with van der Waals surface area (Å²) in [5.41, 5.74) is 2.04. The van der Waals surface area contributed by atoms with Crippen molar-refractivity contribution in [2.24, 2.45) is 0 Å². The molecule has 19 nitrogen and oxygen atoms in total. The second-order valence-electron chi connectivity index (χ2n) is 13.9. The van der Waals surface area contributed by atoms with E-state index < -0.39 is 29.7 Å². The fraction of sp³-hybridized carbons (Fsp3) is 0.475. The summed E-state index contributed by atoms with van der Waals surface area (Å²) in [5, 5.41) is 11.8. The van der Waals surface area contributed by atoms with Gasteiger partial charge in [-0.2, -0.15) is 4.98 Å². The van der Waals surface area contributed by atoms with Crippen molar-refractivity contribution in [2.75, 3.05) is 122 Å². The molecule has 0 bridgehead atoms. The Morgan fingerprint density at radius 2 is 1.58 bits per heavy atom. The molecule has 5 amide bonds. The highest BCUT2D eigenvalue weighted by Gasteiger charge is 2.45. The van der Waals surface area contributed by atoms with Crippen LogP contribution in [-0.4, -0.2) is 167 Å². The van der Waals surface area contributed by atoms with Crippen molar-refractivity contribution < 1.29 is 47.7 Å². The number of hydrogen-bond donors (Lipinski definition) is 4. The second kappa shape index (κ2) is 21.7. The van der Waals surface area contributed by atoms with E-state index in [0.29, 0.717) is 112 Å². The highest BCUT2D eigenvalue weighted by atomic mass is 35.5. The Balaban J connectivity index is 0.766. The normalized spacial score (nSPS) is 16.8. The number of aromatic nitrogens is 2. The van der Waals surface area contributed by atoms with E-state index in [9.17, 15) is 24.0 Å². The van der Waals surface area contributed by atoms with Crippen LogP contribution in [0, 0.1) is 0 Å². The molecule has 2 saturated heterocycles. The van der Waals surface area contributed by atoms with Crippen LogP contribution in [0.5, 0.6) is 5.75 Å². The van der Waals surface area contributed by atoms with E-state index in [0.717, 1.165) is 24.5 Å². The van der Waals surface area contributed by atoms with E-state index in [4.69, 9.17) is 35.3 Å². The zero-order valence-electron chi connectivity index (χ0n) is 33.6. The first-order valence-electron chi connectivity index (χ1n) is 19.7. The maximum atomic E-state index is 13.3. The Labute approximate surface area is 352 Å². The summed E-state index contributed by atoms with van der Waals surface area (Å²) in [6.07, 6.45) is 1.66. The number of nitrogens with one attached hydrogen (secondary N) is 4. The van der Waals surface area contributed by atoms with Crippen LogP contribution in [0.2, 0.25) is 5.02 Å². The zero-order chi connectivity index (χ0) is 42.4. The number of benzene rings is 2. The Hall–Kier alpha value is -5.44. The molecule has 3 aromatic rings. The van der Waals surface area contributed by atoms with Crippen LogP contribution in [0.4, 0.5) is 23.1 Å². The molecule has 1 atom stereocenters. The molecule has 20 heteroatoms. The standard InChI is InChI=1S/C40H50ClN9O10/c1-42-35-28(41)25-44-40(47-35)45-29-7-6-26(24-32(29)56-2)37(53)49-13-11-48(12-14-49)15-17-58-19-21-60-23-22-59-20-18-57-16-10-43-30-5-3-4-27-34(30)39(55)50(38(27)54)31-8-9-33(51)46-36(31)52/h3-7,24-25,31,43H,8-23H2,1-2H3,(H,46,51,52)(H2,42,44,45,47). The highest BCUT2D eigenvalue weighted by Crippen LogP contribution is 2.33. The van der Waals surface area contributed by atoms with Crippen molar-refractivity contribution in [3.8, 4) is 5.75 Å². The summed E-state index contributed by atoms with van der Waals surface area (Å²) in [7, 11) is 3.26. The molecule has 6 rings (SSSR count). The Morgan fingerprint density at radius 1 is 0.883 bits per heavy atom. The second-order valence-corrected chi connectivity index (χ2v) is 14.3. The number of nitrogens with zero attached hydrogens (tertiary/aromatic N) is 5. The van der Waals surface area contributed by atoms with Gasteiger partial charge in [-0.3, -0.25) is 39.1 Å². The van der Waals surface area contributed by atoms with Crippen molar-refractivity contribution in [3.05, 3.63) is 64.3 Å². The van der Waals surface area contributed by atoms with Gasteiger partial charge in [0, 0.05) is 64.0 Å². The lowest BCUT2D eigenvalue weighted by molar-refractivity contribution is -0.136. The molecule has 0 radical (unpaired) electrons. The van der Waals surface area contributed by atoms with Crippen LogP contribution < -0.4 is 26.0 Å². The predicted octanol–water partition coefficient (Wildman–Crippen LogP) is 2.26. The summed E-state index contributed by atoms with van der Waals surface area (Å²) < 4.78 is 28.1. The first-order valence-corrected chi connectivity index (χ1v) is 20.1. The van der Waals surface area contributed by atoms with Crippen LogP contribution in [-0.2, 0) is 28.5 Å². The van der Waals surface area contributed by atoms with Crippen LogP contribution in [0.1, 0.15) is 43.9 Å². The third kappa shape index (κ3) is 11.2. The van der Waals surface area contributed by atoms with Gasteiger partial charge in [0.15, 0.2) is 0 Å². The zero-order valence-corrected chi connectivity index (χ0v) is 34.4. The Bertz CT molecular complexity index is 2020. The Kier molecular flexibility index (Phi) is 16.0. The lowest BCUT2D eigenvalue weighted by Crippen LogP contribution is -2.54. The Morgan fingerprint density at radius 3 is 2.27 bits per heavy atom. The van der Waals surface area contributed by atoms with Crippen LogP contribution in [0.3, 0.4) is 0 Å². The summed E-state index contributed by atoms with van der Waals surface area (Å²) >= 11 is 6.09. The predicted molar refractivity (Wildman–Crippen MR) is 220 cm³/mol. The number of piperazine rings is 1. The maximum absolute atomic E-state index is 13.3. The van der Waals surface area contributed by atoms with E-state index in [-0.39, 0.29) is 29.9 Å². The third-order valence-electron chi connectivity index (χ3n) is 10.0. The third-order valence-corrected chi connectivity index (χ3v) is 10.3.